The molecule has 7 nitrogen and oxygen atoms in total. The van der Waals surface area contributed by atoms with E-state index in [-0.39, 0.29) is 23.8 Å². The Bertz CT molecular complexity index is 659. The number of carbonyl (C=O) groups excluding carboxylic acids is 3. The number of para-hydroxylation sites is 1. The predicted octanol–water partition coefficient (Wildman–Crippen LogP) is 0.751. The van der Waals surface area contributed by atoms with Gasteiger partial charge in [-0.25, -0.2) is 0 Å². The fourth-order valence-electron chi connectivity index (χ4n) is 2.71. The molecule has 1 saturated heterocycles. The first-order valence-electron chi connectivity index (χ1n) is 8.30. The molecule has 0 saturated carbocycles. The summed E-state index contributed by atoms with van der Waals surface area (Å²) in [7, 11) is 0. The molecule has 2 rings (SSSR count). The van der Waals surface area contributed by atoms with E-state index in [1.807, 2.05) is 6.07 Å². The molecular formula is C18H24N4O3. The number of anilines is 1. The molecule has 3 N–H and O–H groups in total. The second-order valence-electron chi connectivity index (χ2n) is 5.84. The van der Waals surface area contributed by atoms with Gasteiger partial charge in [0.2, 0.25) is 11.8 Å². The van der Waals surface area contributed by atoms with Gasteiger partial charge in [-0.05, 0) is 18.6 Å². The third kappa shape index (κ3) is 5.07. The fourth-order valence-corrected chi connectivity index (χ4v) is 2.71. The summed E-state index contributed by atoms with van der Waals surface area (Å²) in [6.07, 6.45) is 2.39. The van der Waals surface area contributed by atoms with Gasteiger partial charge in [0.05, 0.1) is 5.56 Å². The Balaban J connectivity index is 1.98. The molecule has 1 aliphatic heterocycles. The van der Waals surface area contributed by atoms with Crippen LogP contribution in [-0.4, -0.2) is 54.8 Å². The van der Waals surface area contributed by atoms with Crippen molar-refractivity contribution in [2.45, 2.75) is 19.4 Å². The third-order valence-corrected chi connectivity index (χ3v) is 3.93. The highest BCUT2D eigenvalue weighted by Crippen LogP contribution is 2.20. The Morgan fingerprint density at radius 1 is 1.28 bits per heavy atom. The van der Waals surface area contributed by atoms with Crippen LogP contribution in [0.1, 0.15) is 23.7 Å². The minimum absolute atomic E-state index is 0.0146. The lowest BCUT2D eigenvalue weighted by Gasteiger charge is -2.17. The van der Waals surface area contributed by atoms with Crippen LogP contribution in [0.2, 0.25) is 0 Å². The van der Waals surface area contributed by atoms with E-state index in [4.69, 9.17) is 0 Å². The number of benzene rings is 1. The van der Waals surface area contributed by atoms with Crippen LogP contribution in [0, 0.1) is 0 Å². The third-order valence-electron chi connectivity index (χ3n) is 3.93. The lowest BCUT2D eigenvalue weighted by Crippen LogP contribution is -2.35. The Morgan fingerprint density at radius 3 is 2.72 bits per heavy atom. The molecular weight excluding hydrogens is 320 g/mol. The van der Waals surface area contributed by atoms with Crippen molar-refractivity contribution in [1.29, 1.82) is 0 Å². The van der Waals surface area contributed by atoms with E-state index in [2.05, 4.69) is 22.5 Å². The standard InChI is InChI=1S/C18H24N4O3/c1-3-11-22-12-8-16(18(22)25)21-15-7-5-4-6-14(15)17(24)20-10-9-19-13(2)23/h3-7,16,21H,1,8-12H2,2H3,(H,19,23)(H,20,24)/t16-/m1/s1. The maximum atomic E-state index is 12.4. The molecule has 0 unspecified atom stereocenters. The second-order valence-corrected chi connectivity index (χ2v) is 5.84. The Labute approximate surface area is 147 Å². The van der Waals surface area contributed by atoms with Gasteiger partial charge in [0.1, 0.15) is 6.04 Å². The molecule has 1 aromatic rings. The highest BCUT2D eigenvalue weighted by Gasteiger charge is 2.31. The molecule has 1 heterocycles. The number of likely N-dealkylation sites (tertiary alicyclic amines) is 1. The maximum absolute atomic E-state index is 12.4. The number of rotatable bonds is 8. The molecule has 0 aliphatic carbocycles. The average molecular weight is 344 g/mol. The van der Waals surface area contributed by atoms with Crippen molar-refractivity contribution in [1.82, 2.24) is 15.5 Å². The fraction of sp³-hybridized carbons (Fsp3) is 0.389. The van der Waals surface area contributed by atoms with Crippen LogP contribution in [0.25, 0.3) is 0 Å². The van der Waals surface area contributed by atoms with E-state index in [0.717, 1.165) is 0 Å². The van der Waals surface area contributed by atoms with Crippen LogP contribution in [0.15, 0.2) is 36.9 Å². The van der Waals surface area contributed by atoms with Crippen molar-refractivity contribution in [3.63, 3.8) is 0 Å². The lowest BCUT2D eigenvalue weighted by atomic mass is 10.1. The first kappa shape index (κ1) is 18.5. The van der Waals surface area contributed by atoms with Crippen molar-refractivity contribution in [2.24, 2.45) is 0 Å². The summed E-state index contributed by atoms with van der Waals surface area (Å²) in [6, 6.07) is 6.74. The van der Waals surface area contributed by atoms with Gasteiger partial charge in [-0.1, -0.05) is 18.2 Å². The van der Waals surface area contributed by atoms with Gasteiger partial charge in [-0.3, -0.25) is 14.4 Å². The number of nitrogens with one attached hydrogen (secondary N) is 3. The zero-order valence-corrected chi connectivity index (χ0v) is 14.4. The van der Waals surface area contributed by atoms with Crippen LogP contribution >= 0.6 is 0 Å². The molecule has 134 valence electrons. The number of hydrogen-bond donors (Lipinski definition) is 3. The monoisotopic (exact) mass is 344 g/mol. The van der Waals surface area contributed by atoms with E-state index >= 15 is 0 Å². The molecule has 25 heavy (non-hydrogen) atoms. The summed E-state index contributed by atoms with van der Waals surface area (Å²) in [5, 5.41) is 8.56. The van der Waals surface area contributed by atoms with Crippen molar-refractivity contribution in [3.8, 4) is 0 Å². The molecule has 0 bridgehead atoms. The summed E-state index contributed by atoms with van der Waals surface area (Å²) < 4.78 is 0. The molecule has 1 aromatic carbocycles. The molecule has 3 amide bonds. The smallest absolute Gasteiger partial charge is 0.253 e. The van der Waals surface area contributed by atoms with E-state index in [9.17, 15) is 14.4 Å². The van der Waals surface area contributed by atoms with Crippen molar-refractivity contribution in [2.75, 3.05) is 31.5 Å². The van der Waals surface area contributed by atoms with Gasteiger partial charge < -0.3 is 20.9 Å². The quantitative estimate of drug-likeness (QED) is 0.479. The SMILES string of the molecule is C=CCN1CC[C@@H](Nc2ccccc2C(=O)NCCNC(C)=O)C1=O. The van der Waals surface area contributed by atoms with Crippen LogP contribution in [0.5, 0.6) is 0 Å². The number of nitrogens with zero attached hydrogens (tertiary/aromatic N) is 1. The van der Waals surface area contributed by atoms with E-state index in [0.29, 0.717) is 43.9 Å². The minimum atomic E-state index is -0.340. The first-order valence-corrected chi connectivity index (χ1v) is 8.30. The highest BCUT2D eigenvalue weighted by atomic mass is 16.2. The van der Waals surface area contributed by atoms with E-state index < -0.39 is 0 Å². The number of hydrogen-bond acceptors (Lipinski definition) is 4. The number of carbonyl (C=O) groups is 3. The average Bonchev–Trinajstić information content (AvgIpc) is 2.93. The van der Waals surface area contributed by atoms with Gasteiger partial charge in [-0.2, -0.15) is 0 Å². The summed E-state index contributed by atoms with van der Waals surface area (Å²) in [5.41, 5.74) is 1.10. The van der Waals surface area contributed by atoms with Crippen molar-refractivity contribution < 1.29 is 14.4 Å². The van der Waals surface area contributed by atoms with Crippen LogP contribution in [0.3, 0.4) is 0 Å². The molecule has 0 spiro atoms. The van der Waals surface area contributed by atoms with Gasteiger partial charge in [0.15, 0.2) is 0 Å². The van der Waals surface area contributed by atoms with Crippen molar-refractivity contribution in [3.05, 3.63) is 42.5 Å². The summed E-state index contributed by atoms with van der Waals surface area (Å²) in [5.74, 6) is -0.372. The zero-order valence-electron chi connectivity index (χ0n) is 14.4. The number of amides is 3. The van der Waals surface area contributed by atoms with Crippen LogP contribution < -0.4 is 16.0 Å². The summed E-state index contributed by atoms with van der Waals surface area (Å²) in [4.78, 5) is 37.3. The largest absolute Gasteiger partial charge is 0.373 e. The Morgan fingerprint density at radius 2 is 2.00 bits per heavy atom. The zero-order chi connectivity index (χ0) is 18.2. The molecule has 1 aliphatic rings. The minimum Gasteiger partial charge on any atom is -0.373 e. The van der Waals surface area contributed by atoms with Crippen LogP contribution in [-0.2, 0) is 9.59 Å². The predicted molar refractivity (Wildman–Crippen MR) is 96.3 cm³/mol. The molecule has 0 radical (unpaired) electrons. The van der Waals surface area contributed by atoms with Crippen molar-refractivity contribution >= 4 is 23.4 Å². The van der Waals surface area contributed by atoms with E-state index in [1.165, 1.54) is 6.92 Å². The van der Waals surface area contributed by atoms with Gasteiger partial charge in [-0.15, -0.1) is 6.58 Å². The molecule has 0 aromatic heterocycles. The topological polar surface area (TPSA) is 90.5 Å². The highest BCUT2D eigenvalue weighted by molar-refractivity contribution is 6.00. The summed E-state index contributed by atoms with van der Waals surface area (Å²) >= 11 is 0. The molecule has 7 heteroatoms. The first-order chi connectivity index (χ1) is 12.0. The normalized spacial score (nSPS) is 16.4. The Hall–Kier alpha value is -2.83. The summed E-state index contributed by atoms with van der Waals surface area (Å²) in [6.45, 7) is 6.99. The lowest BCUT2D eigenvalue weighted by molar-refractivity contribution is -0.127. The van der Waals surface area contributed by atoms with Crippen LogP contribution in [0.4, 0.5) is 5.69 Å². The van der Waals surface area contributed by atoms with Gasteiger partial charge in [0.25, 0.3) is 5.91 Å². The molecule has 1 fully saturated rings. The Kier molecular flexibility index (Phi) is 6.56. The van der Waals surface area contributed by atoms with Gasteiger partial charge in [0, 0.05) is 38.8 Å². The van der Waals surface area contributed by atoms with E-state index in [1.54, 1.807) is 29.2 Å². The maximum Gasteiger partial charge on any atom is 0.253 e. The van der Waals surface area contributed by atoms with Gasteiger partial charge >= 0.3 is 0 Å². The molecule has 1 atom stereocenters. The second kappa shape index (κ2) is 8.86.